The first kappa shape index (κ1) is 34.0. The van der Waals surface area contributed by atoms with Crippen LogP contribution >= 0.6 is 0 Å². The summed E-state index contributed by atoms with van der Waals surface area (Å²) in [5, 5.41) is 0. The van der Waals surface area contributed by atoms with E-state index >= 15 is 0 Å². The summed E-state index contributed by atoms with van der Waals surface area (Å²) in [5.74, 6) is 1.01. The van der Waals surface area contributed by atoms with Gasteiger partial charge in [-0.15, -0.1) is 13.2 Å². The average Bonchev–Trinajstić information content (AvgIpc) is 2.76. The maximum atomic E-state index is 5.49. The van der Waals surface area contributed by atoms with E-state index in [-0.39, 0.29) is 0 Å². The molecule has 0 fully saturated rings. The van der Waals surface area contributed by atoms with Crippen molar-refractivity contribution in [1.29, 1.82) is 0 Å². The third-order valence-corrected chi connectivity index (χ3v) is 2.58. The maximum absolute atomic E-state index is 5.49. The van der Waals surface area contributed by atoms with Crippen LogP contribution in [0.3, 0.4) is 0 Å². The number of ether oxygens (including phenoxy) is 3. The molecule has 0 aliphatic rings. The zero-order valence-corrected chi connectivity index (χ0v) is 20.1. The smallest absolute Gasteiger partial charge is 0.122 e. The fourth-order valence-electron chi connectivity index (χ4n) is 1.44. The van der Waals surface area contributed by atoms with E-state index in [0.29, 0.717) is 13.2 Å². The first-order valence-electron chi connectivity index (χ1n) is 10.7. The highest BCUT2D eigenvalue weighted by molar-refractivity contribution is 5.31. The van der Waals surface area contributed by atoms with E-state index in [0.717, 1.165) is 38.4 Å². The molecule has 0 radical (unpaired) electrons. The molecule has 0 unspecified atom stereocenters. The number of aryl methyl sites for hydroxylation is 1. The molecule has 0 atom stereocenters. The fraction of sp³-hybridized carbons (Fsp3) is 0.600. The summed E-state index contributed by atoms with van der Waals surface area (Å²) in [7, 11) is 0. The standard InChI is InChI=1S/C10H14O.C6H12O.C5H10O.2C2H6/c1-3-8-11-10-7-5-4-6-9(10)2;1-3-5-7-6-4-2;1-3-5-6-4-2;2*1-2/h4-7H,3,8H2,1-2H3;3H,1,4-6H2,2H3;3H,1,4-5H2,2H3;2*1-2H3. The van der Waals surface area contributed by atoms with Crippen LogP contribution in [0.15, 0.2) is 49.6 Å². The number of hydrogen-bond donors (Lipinski definition) is 0. The van der Waals surface area contributed by atoms with Gasteiger partial charge >= 0.3 is 0 Å². The number of rotatable bonds is 10. The number of benzene rings is 1. The molecule has 1 aromatic rings. The van der Waals surface area contributed by atoms with Crippen molar-refractivity contribution in [2.24, 2.45) is 0 Å². The molecule has 1 aromatic carbocycles. The Morgan fingerprint density at radius 2 is 1.29 bits per heavy atom. The molecule has 166 valence electrons. The van der Waals surface area contributed by atoms with Crippen molar-refractivity contribution in [2.45, 2.75) is 68.2 Å². The molecule has 0 amide bonds. The highest BCUT2D eigenvalue weighted by Crippen LogP contribution is 2.15. The second kappa shape index (κ2) is 36.4. The monoisotopic (exact) mass is 396 g/mol. The third-order valence-electron chi connectivity index (χ3n) is 2.58. The normalized spacial score (nSPS) is 8.14. The van der Waals surface area contributed by atoms with E-state index in [2.05, 4.69) is 40.0 Å². The minimum Gasteiger partial charge on any atom is -0.493 e. The summed E-state index contributed by atoms with van der Waals surface area (Å²) >= 11 is 0. The number of hydrogen-bond acceptors (Lipinski definition) is 3. The predicted octanol–water partition coefficient (Wildman–Crippen LogP) is 7.64. The minimum atomic E-state index is 0.677. The van der Waals surface area contributed by atoms with Crippen LogP contribution in [0, 0.1) is 6.92 Å². The lowest BCUT2D eigenvalue weighted by Gasteiger charge is -2.06. The maximum Gasteiger partial charge on any atom is 0.122 e. The third kappa shape index (κ3) is 32.1. The van der Waals surface area contributed by atoms with Crippen LogP contribution < -0.4 is 4.74 Å². The quantitative estimate of drug-likeness (QED) is 0.300. The molecule has 0 bridgehead atoms. The Labute approximate surface area is 176 Å². The Morgan fingerprint density at radius 1 is 0.786 bits per heavy atom. The molecule has 0 saturated heterocycles. The molecule has 1 rings (SSSR count). The van der Waals surface area contributed by atoms with Crippen LogP contribution in [0.4, 0.5) is 0 Å². The Balaban J connectivity index is -0.000000148. The molecule has 0 heterocycles. The van der Waals surface area contributed by atoms with Gasteiger partial charge in [0, 0.05) is 13.2 Å². The Kier molecular flexibility index (Phi) is 44.1. The second-order valence-corrected chi connectivity index (χ2v) is 4.93. The largest absolute Gasteiger partial charge is 0.493 e. The minimum absolute atomic E-state index is 0.677. The molecular weight excluding hydrogens is 348 g/mol. The van der Waals surface area contributed by atoms with Gasteiger partial charge in [-0.2, -0.15) is 0 Å². The predicted molar refractivity (Wildman–Crippen MR) is 128 cm³/mol. The van der Waals surface area contributed by atoms with E-state index in [1.807, 2.05) is 52.8 Å². The molecule has 0 spiro atoms. The zero-order valence-electron chi connectivity index (χ0n) is 20.1. The molecule has 0 N–H and O–H groups in total. The van der Waals surface area contributed by atoms with Gasteiger partial charge in [0.15, 0.2) is 0 Å². The van der Waals surface area contributed by atoms with Gasteiger partial charge < -0.3 is 14.2 Å². The number of para-hydroxylation sites is 1. The van der Waals surface area contributed by atoms with Crippen molar-refractivity contribution in [3.8, 4) is 5.75 Å². The first-order valence-corrected chi connectivity index (χ1v) is 10.7. The summed E-state index contributed by atoms with van der Waals surface area (Å²) in [6, 6.07) is 8.09. The van der Waals surface area contributed by atoms with Gasteiger partial charge in [0.1, 0.15) is 5.75 Å². The van der Waals surface area contributed by atoms with Gasteiger partial charge in [0.2, 0.25) is 0 Å². The SMILES string of the molecule is C=CCOCC.C=CCOCCC.CC.CC.CCCOc1ccccc1C. The topological polar surface area (TPSA) is 27.7 Å². The highest BCUT2D eigenvalue weighted by Gasteiger charge is 1.94. The van der Waals surface area contributed by atoms with Crippen molar-refractivity contribution >= 4 is 0 Å². The highest BCUT2D eigenvalue weighted by atomic mass is 16.5. The van der Waals surface area contributed by atoms with Crippen LogP contribution in [0.1, 0.15) is 66.9 Å². The van der Waals surface area contributed by atoms with Crippen molar-refractivity contribution in [3.05, 3.63) is 55.1 Å². The molecule has 0 aromatic heterocycles. The lowest BCUT2D eigenvalue weighted by atomic mass is 10.2. The van der Waals surface area contributed by atoms with Crippen LogP contribution in [-0.2, 0) is 9.47 Å². The molecular formula is C25H48O3. The summed E-state index contributed by atoms with van der Waals surface area (Å²) in [6.45, 7) is 27.0. The van der Waals surface area contributed by atoms with E-state index in [1.54, 1.807) is 12.2 Å². The van der Waals surface area contributed by atoms with Gasteiger partial charge in [-0.25, -0.2) is 0 Å². The van der Waals surface area contributed by atoms with Crippen molar-refractivity contribution in [1.82, 2.24) is 0 Å². The van der Waals surface area contributed by atoms with Gasteiger partial charge in [-0.1, -0.05) is 71.9 Å². The van der Waals surface area contributed by atoms with E-state index < -0.39 is 0 Å². The molecule has 0 aliphatic carbocycles. The molecule has 0 aliphatic heterocycles. The summed E-state index contributed by atoms with van der Waals surface area (Å²) in [5.41, 5.74) is 1.21. The average molecular weight is 397 g/mol. The van der Waals surface area contributed by atoms with Crippen LogP contribution in [-0.4, -0.2) is 33.0 Å². The van der Waals surface area contributed by atoms with Crippen molar-refractivity contribution in [3.63, 3.8) is 0 Å². The summed E-state index contributed by atoms with van der Waals surface area (Å²) < 4.78 is 15.4. The zero-order chi connectivity index (χ0) is 22.5. The van der Waals surface area contributed by atoms with E-state index in [9.17, 15) is 0 Å². The van der Waals surface area contributed by atoms with Crippen LogP contribution in [0.25, 0.3) is 0 Å². The van der Waals surface area contributed by atoms with Crippen LogP contribution in [0.2, 0.25) is 0 Å². The van der Waals surface area contributed by atoms with Gasteiger partial charge in [0.05, 0.1) is 19.8 Å². The Morgan fingerprint density at radius 3 is 1.68 bits per heavy atom. The van der Waals surface area contributed by atoms with E-state index in [4.69, 9.17) is 14.2 Å². The van der Waals surface area contributed by atoms with Gasteiger partial charge in [-0.3, -0.25) is 0 Å². The molecule has 3 nitrogen and oxygen atoms in total. The van der Waals surface area contributed by atoms with Gasteiger partial charge in [0.25, 0.3) is 0 Å². The summed E-state index contributed by atoms with van der Waals surface area (Å²) in [6.07, 6.45) is 5.65. The van der Waals surface area contributed by atoms with Crippen LogP contribution in [0.5, 0.6) is 5.75 Å². The lowest BCUT2D eigenvalue weighted by molar-refractivity contribution is 0.163. The summed E-state index contributed by atoms with van der Waals surface area (Å²) in [4.78, 5) is 0. The Hall–Kier alpha value is -1.58. The fourth-order valence-corrected chi connectivity index (χ4v) is 1.44. The lowest BCUT2D eigenvalue weighted by Crippen LogP contribution is -1.95. The van der Waals surface area contributed by atoms with E-state index in [1.165, 1.54) is 5.56 Å². The van der Waals surface area contributed by atoms with Gasteiger partial charge in [-0.05, 0) is 38.3 Å². The van der Waals surface area contributed by atoms with Crippen molar-refractivity contribution < 1.29 is 14.2 Å². The molecule has 28 heavy (non-hydrogen) atoms. The molecule has 3 heteroatoms. The van der Waals surface area contributed by atoms with Crippen molar-refractivity contribution in [2.75, 3.05) is 33.0 Å². The Bertz CT molecular complexity index is 389. The first-order chi connectivity index (χ1) is 13.7. The molecule has 0 saturated carbocycles. The second-order valence-electron chi connectivity index (χ2n) is 4.93.